The van der Waals surface area contributed by atoms with Gasteiger partial charge < -0.3 is 26.5 Å². The van der Waals surface area contributed by atoms with Gasteiger partial charge in [0.2, 0.25) is 0 Å². The number of hydrogen-bond acceptors (Lipinski definition) is 5. The summed E-state index contributed by atoms with van der Waals surface area (Å²) in [5.41, 5.74) is 5.31. The molecule has 0 saturated carbocycles. The van der Waals surface area contributed by atoms with Crippen LogP contribution in [0, 0.1) is 0 Å². The van der Waals surface area contributed by atoms with Gasteiger partial charge in [-0.25, -0.2) is 19.4 Å². The van der Waals surface area contributed by atoms with Gasteiger partial charge in [-0.1, -0.05) is 0 Å². The van der Waals surface area contributed by atoms with E-state index in [-0.39, 0.29) is 0 Å². The lowest BCUT2D eigenvalue weighted by molar-refractivity contribution is -0.131. The van der Waals surface area contributed by atoms with Gasteiger partial charge in [-0.3, -0.25) is 10.1 Å². The highest BCUT2D eigenvalue weighted by Crippen LogP contribution is 1.92. The fraction of sp³-hybridized carbons (Fsp3) is 0.100. The Kier molecular flexibility index (Phi) is 5.43. The maximum absolute atomic E-state index is 10.7. The van der Waals surface area contributed by atoms with Crippen molar-refractivity contribution in [3.05, 3.63) is 24.3 Å². The van der Waals surface area contributed by atoms with Gasteiger partial charge >= 0.3 is 18.0 Å². The number of aromatic nitrogens is 2. The number of imidazole rings is 1. The van der Waals surface area contributed by atoms with Crippen LogP contribution in [0.3, 0.4) is 0 Å². The molecular formula is C10H12N6O5. The fourth-order valence-corrected chi connectivity index (χ4v) is 1.18. The lowest BCUT2D eigenvalue weighted by atomic mass is 10.4. The molecule has 1 aromatic heterocycles. The second-order valence-corrected chi connectivity index (χ2v) is 3.57. The summed E-state index contributed by atoms with van der Waals surface area (Å²) < 4.78 is 0. The highest BCUT2D eigenvalue weighted by Gasteiger charge is 2.29. The highest BCUT2D eigenvalue weighted by atomic mass is 16.4. The first-order chi connectivity index (χ1) is 9.88. The molecule has 11 nitrogen and oxygen atoms in total. The molecule has 1 saturated heterocycles. The molecule has 0 radical (unpaired) electrons. The summed E-state index contributed by atoms with van der Waals surface area (Å²) in [6.45, 7) is 0. The molecule has 1 fully saturated rings. The van der Waals surface area contributed by atoms with Crippen molar-refractivity contribution >= 4 is 30.0 Å². The monoisotopic (exact) mass is 296 g/mol. The number of rotatable bonds is 3. The second-order valence-electron chi connectivity index (χ2n) is 3.57. The van der Waals surface area contributed by atoms with Gasteiger partial charge in [0.15, 0.2) is 6.17 Å². The van der Waals surface area contributed by atoms with Gasteiger partial charge in [0.25, 0.3) is 5.91 Å². The third-order valence-electron chi connectivity index (χ3n) is 1.98. The number of nitrogens with one attached hydrogen (secondary N) is 4. The van der Waals surface area contributed by atoms with Gasteiger partial charge in [-0.2, -0.15) is 0 Å². The summed E-state index contributed by atoms with van der Waals surface area (Å²) >= 11 is 0. The third kappa shape index (κ3) is 5.87. The summed E-state index contributed by atoms with van der Waals surface area (Å²) in [4.78, 5) is 47.7. The van der Waals surface area contributed by atoms with Crippen molar-refractivity contribution in [1.29, 1.82) is 0 Å². The number of H-pyrrole nitrogens is 1. The number of nitrogens with two attached hydrogens (primary N) is 1. The molecule has 7 N–H and O–H groups in total. The molecular weight excluding hydrogens is 284 g/mol. The van der Waals surface area contributed by atoms with Crippen molar-refractivity contribution in [2.45, 2.75) is 6.17 Å². The Morgan fingerprint density at radius 3 is 2.57 bits per heavy atom. The quantitative estimate of drug-likeness (QED) is 0.286. The highest BCUT2D eigenvalue weighted by molar-refractivity contribution is 6.05. The maximum atomic E-state index is 10.7. The first kappa shape index (κ1) is 15.7. The number of urea groups is 2. The smallest absolute Gasteiger partial charge is 0.328 e. The van der Waals surface area contributed by atoms with Crippen LogP contribution in [0.5, 0.6) is 0 Å². The number of carbonyl (C=O) groups is 4. The van der Waals surface area contributed by atoms with Crippen LogP contribution in [-0.2, 0) is 9.59 Å². The molecule has 11 heteroatoms. The number of carboxylic acids is 1. The molecule has 1 aromatic rings. The van der Waals surface area contributed by atoms with E-state index in [2.05, 4.69) is 15.3 Å². The van der Waals surface area contributed by atoms with Crippen LogP contribution in [0.2, 0.25) is 0 Å². The molecule has 1 aliphatic heterocycles. The van der Waals surface area contributed by atoms with Gasteiger partial charge in [-0.05, 0) is 6.08 Å². The Hall–Kier alpha value is -3.37. The zero-order valence-corrected chi connectivity index (χ0v) is 10.5. The average molecular weight is 296 g/mol. The summed E-state index contributed by atoms with van der Waals surface area (Å²) in [5, 5.41) is 14.2. The molecule has 1 aliphatic rings. The van der Waals surface area contributed by atoms with Crippen LogP contribution in [0.1, 0.15) is 5.69 Å². The minimum atomic E-state index is -1.04. The fourth-order valence-electron chi connectivity index (χ4n) is 1.18. The third-order valence-corrected chi connectivity index (χ3v) is 1.98. The van der Waals surface area contributed by atoms with Gasteiger partial charge in [0, 0.05) is 12.3 Å². The topological polar surface area (TPSA) is 179 Å². The molecule has 0 bridgehead atoms. The summed E-state index contributed by atoms with van der Waals surface area (Å²) in [5.74, 6) is -1.59. The largest absolute Gasteiger partial charge is 0.478 e. The van der Waals surface area contributed by atoms with Gasteiger partial charge in [0.05, 0.1) is 12.0 Å². The number of amides is 5. The van der Waals surface area contributed by atoms with Crippen LogP contribution in [0.15, 0.2) is 18.6 Å². The van der Waals surface area contributed by atoms with Crippen molar-refractivity contribution in [1.82, 2.24) is 25.9 Å². The Morgan fingerprint density at radius 1 is 1.43 bits per heavy atom. The Balaban J connectivity index is 0.000000211. The van der Waals surface area contributed by atoms with E-state index in [9.17, 15) is 19.2 Å². The molecule has 0 spiro atoms. The van der Waals surface area contributed by atoms with Crippen LogP contribution < -0.4 is 21.7 Å². The number of carboxylic acid groups (broad SMARTS) is 1. The van der Waals surface area contributed by atoms with Crippen molar-refractivity contribution < 1.29 is 24.3 Å². The normalized spacial score (nSPS) is 16.7. The Morgan fingerprint density at radius 2 is 2.14 bits per heavy atom. The van der Waals surface area contributed by atoms with Crippen LogP contribution in [0.4, 0.5) is 9.59 Å². The van der Waals surface area contributed by atoms with E-state index in [1.807, 2.05) is 10.6 Å². The maximum Gasteiger partial charge on any atom is 0.328 e. The van der Waals surface area contributed by atoms with Crippen molar-refractivity contribution in [2.75, 3.05) is 0 Å². The van der Waals surface area contributed by atoms with E-state index in [0.29, 0.717) is 5.69 Å². The molecule has 2 heterocycles. The van der Waals surface area contributed by atoms with Crippen molar-refractivity contribution in [3.8, 4) is 0 Å². The summed E-state index contributed by atoms with van der Waals surface area (Å²) in [6.07, 6.45) is 4.51. The van der Waals surface area contributed by atoms with Crippen LogP contribution in [0.25, 0.3) is 6.08 Å². The first-order valence-corrected chi connectivity index (χ1v) is 5.45. The minimum absolute atomic E-state index is 0.613. The lowest BCUT2D eigenvalue weighted by Crippen LogP contribution is -2.48. The van der Waals surface area contributed by atoms with E-state index in [4.69, 9.17) is 10.8 Å². The SMILES string of the molecule is NC(=O)NC1NC(=O)NC1=O.O=C(O)/C=C/c1c[nH]cn1. The van der Waals surface area contributed by atoms with E-state index < -0.39 is 30.1 Å². The molecule has 21 heavy (non-hydrogen) atoms. The van der Waals surface area contributed by atoms with E-state index in [0.717, 1.165) is 6.08 Å². The summed E-state index contributed by atoms with van der Waals surface area (Å²) in [7, 11) is 0. The van der Waals surface area contributed by atoms with Crippen molar-refractivity contribution in [3.63, 3.8) is 0 Å². The summed E-state index contributed by atoms with van der Waals surface area (Å²) in [6, 6.07) is -1.51. The van der Waals surface area contributed by atoms with E-state index >= 15 is 0 Å². The second kappa shape index (κ2) is 7.28. The molecule has 1 atom stereocenters. The molecule has 5 amide bonds. The number of aliphatic carboxylic acids is 1. The number of nitrogens with zero attached hydrogens (tertiary/aromatic N) is 1. The van der Waals surface area contributed by atoms with Crippen LogP contribution in [-0.4, -0.2) is 45.2 Å². The lowest BCUT2D eigenvalue weighted by Gasteiger charge is -2.05. The van der Waals surface area contributed by atoms with Crippen LogP contribution >= 0.6 is 0 Å². The molecule has 112 valence electrons. The average Bonchev–Trinajstić information content (AvgIpc) is 2.98. The number of aromatic amines is 1. The molecule has 2 rings (SSSR count). The molecule has 1 unspecified atom stereocenters. The van der Waals surface area contributed by atoms with E-state index in [1.54, 1.807) is 6.20 Å². The van der Waals surface area contributed by atoms with Gasteiger partial charge in [-0.15, -0.1) is 0 Å². The predicted molar refractivity (Wildman–Crippen MR) is 68.4 cm³/mol. The standard InChI is InChI=1S/C6H6N2O2.C4H6N4O3/c9-6(10)2-1-5-3-7-4-8-5;5-3(10)6-1-2(9)8-4(11)7-1/h1-4H,(H,7,8)(H,9,10);1H,(H3,5,6,10)(H2,7,8,9,11)/b2-1+;. The number of carbonyl (C=O) groups excluding carboxylic acids is 3. The number of primary amides is 1. The van der Waals surface area contributed by atoms with E-state index in [1.165, 1.54) is 12.4 Å². The molecule has 0 aliphatic carbocycles. The molecule has 0 aromatic carbocycles. The zero-order chi connectivity index (χ0) is 15.8. The number of imide groups is 1. The Labute approximate surface area is 117 Å². The first-order valence-electron chi connectivity index (χ1n) is 5.45. The predicted octanol–water partition coefficient (Wildman–Crippen LogP) is -1.67. The minimum Gasteiger partial charge on any atom is -0.478 e. The van der Waals surface area contributed by atoms with Gasteiger partial charge in [0.1, 0.15) is 0 Å². The van der Waals surface area contributed by atoms with Crippen molar-refractivity contribution in [2.24, 2.45) is 5.73 Å². The Bertz CT molecular complexity index is 567. The zero-order valence-electron chi connectivity index (χ0n) is 10.5. The number of hydrogen-bond donors (Lipinski definition) is 6.